The highest BCUT2D eigenvalue weighted by Crippen LogP contribution is 2.47. The number of carbonyl (C=O) groups is 1. The Kier molecular flexibility index (Phi) is 2.92. The van der Waals surface area contributed by atoms with Crippen molar-refractivity contribution in [3.63, 3.8) is 0 Å². The van der Waals surface area contributed by atoms with Crippen LogP contribution in [-0.4, -0.2) is 6.29 Å². The predicted molar refractivity (Wildman–Crippen MR) is 76.6 cm³/mol. The van der Waals surface area contributed by atoms with Gasteiger partial charge >= 0.3 is 0 Å². The van der Waals surface area contributed by atoms with Gasteiger partial charge in [-0.15, -0.1) is 0 Å². The van der Waals surface area contributed by atoms with Gasteiger partial charge in [0.1, 0.15) is 6.29 Å². The van der Waals surface area contributed by atoms with Crippen molar-refractivity contribution < 1.29 is 4.79 Å². The summed E-state index contributed by atoms with van der Waals surface area (Å²) in [7, 11) is 0. The van der Waals surface area contributed by atoms with E-state index in [-0.39, 0.29) is 10.8 Å². The predicted octanol–water partition coefficient (Wildman–Crippen LogP) is 4.46. The number of fused-ring (bicyclic) bond motifs is 1. The second-order valence-corrected chi connectivity index (χ2v) is 7.02. The molecule has 0 bridgehead atoms. The van der Waals surface area contributed by atoms with Gasteiger partial charge in [0.25, 0.3) is 0 Å². The average molecular weight is 244 g/mol. The Morgan fingerprint density at radius 3 is 2.11 bits per heavy atom. The summed E-state index contributed by atoms with van der Waals surface area (Å²) in [6, 6.07) is 2.13. The van der Waals surface area contributed by atoms with Crippen LogP contribution in [0.2, 0.25) is 0 Å². The van der Waals surface area contributed by atoms with Crippen LogP contribution in [0.3, 0.4) is 0 Å². The normalized spacial score (nSPS) is 20.3. The number of hydrogen-bond acceptors (Lipinski definition) is 1. The number of aldehydes is 1. The molecule has 0 saturated carbocycles. The van der Waals surface area contributed by atoms with E-state index in [1.807, 2.05) is 0 Å². The third-order valence-electron chi connectivity index (χ3n) is 4.85. The molecule has 0 spiro atoms. The molecule has 1 aromatic carbocycles. The molecule has 0 aromatic heterocycles. The lowest BCUT2D eigenvalue weighted by molar-refractivity contribution is 0.112. The standard InChI is InChI=1S/C17H24O/c1-11-12(2)15-14(9-13(11)10-18)16(3,4)7-8-17(15,5)6/h9-10H,7-8H2,1-6H3. The van der Waals surface area contributed by atoms with Gasteiger partial charge in [0, 0.05) is 5.56 Å². The summed E-state index contributed by atoms with van der Waals surface area (Å²) in [5.74, 6) is 0. The van der Waals surface area contributed by atoms with Crippen molar-refractivity contribution in [2.45, 2.75) is 65.2 Å². The van der Waals surface area contributed by atoms with E-state index in [9.17, 15) is 4.79 Å². The first-order chi connectivity index (χ1) is 8.20. The van der Waals surface area contributed by atoms with Gasteiger partial charge in [0.05, 0.1) is 0 Å². The topological polar surface area (TPSA) is 17.1 Å². The number of hydrogen-bond donors (Lipinski definition) is 0. The summed E-state index contributed by atoms with van der Waals surface area (Å²) in [5.41, 5.74) is 6.58. The lowest BCUT2D eigenvalue weighted by Crippen LogP contribution is -2.35. The first-order valence-corrected chi connectivity index (χ1v) is 6.81. The van der Waals surface area contributed by atoms with Crippen molar-refractivity contribution in [3.05, 3.63) is 33.9 Å². The van der Waals surface area contributed by atoms with Gasteiger partial charge in [-0.1, -0.05) is 27.7 Å². The third-order valence-corrected chi connectivity index (χ3v) is 4.85. The zero-order valence-electron chi connectivity index (χ0n) is 12.5. The van der Waals surface area contributed by atoms with Crippen LogP contribution < -0.4 is 0 Å². The molecule has 0 aliphatic heterocycles. The molecule has 1 aliphatic rings. The smallest absolute Gasteiger partial charge is 0.150 e. The van der Waals surface area contributed by atoms with E-state index < -0.39 is 0 Å². The Bertz CT molecular complexity index is 507. The van der Waals surface area contributed by atoms with Crippen molar-refractivity contribution in [2.75, 3.05) is 0 Å². The molecule has 0 radical (unpaired) electrons. The third kappa shape index (κ3) is 1.81. The molecule has 0 heterocycles. The van der Waals surface area contributed by atoms with E-state index in [1.165, 1.54) is 29.5 Å². The summed E-state index contributed by atoms with van der Waals surface area (Å²) in [4.78, 5) is 11.2. The van der Waals surface area contributed by atoms with Gasteiger partial charge in [-0.3, -0.25) is 4.79 Å². The van der Waals surface area contributed by atoms with Crippen LogP contribution in [0.25, 0.3) is 0 Å². The molecule has 0 amide bonds. The summed E-state index contributed by atoms with van der Waals surface area (Å²) >= 11 is 0. The van der Waals surface area contributed by atoms with E-state index in [0.717, 1.165) is 17.4 Å². The van der Waals surface area contributed by atoms with E-state index in [1.54, 1.807) is 0 Å². The summed E-state index contributed by atoms with van der Waals surface area (Å²) < 4.78 is 0. The Morgan fingerprint density at radius 1 is 1.00 bits per heavy atom. The monoisotopic (exact) mass is 244 g/mol. The maximum absolute atomic E-state index is 11.2. The molecule has 0 atom stereocenters. The highest BCUT2D eigenvalue weighted by Gasteiger charge is 2.38. The Labute approximate surface area is 111 Å². The molecular weight excluding hydrogens is 220 g/mol. The van der Waals surface area contributed by atoms with Crippen LogP contribution in [0.15, 0.2) is 6.07 Å². The zero-order valence-corrected chi connectivity index (χ0v) is 12.5. The molecule has 2 rings (SSSR count). The van der Waals surface area contributed by atoms with Gasteiger partial charge < -0.3 is 0 Å². The maximum Gasteiger partial charge on any atom is 0.150 e. The molecule has 18 heavy (non-hydrogen) atoms. The zero-order chi connectivity index (χ0) is 13.7. The SMILES string of the molecule is Cc1c(C=O)cc2c(c1C)C(C)(C)CCC2(C)C. The van der Waals surface area contributed by atoms with Crippen LogP contribution >= 0.6 is 0 Å². The van der Waals surface area contributed by atoms with Crippen molar-refractivity contribution >= 4 is 6.29 Å². The second kappa shape index (κ2) is 3.94. The fraction of sp³-hybridized carbons (Fsp3) is 0.588. The van der Waals surface area contributed by atoms with Crippen LogP contribution in [0.1, 0.15) is 73.1 Å². The summed E-state index contributed by atoms with van der Waals surface area (Å²) in [6.07, 6.45) is 3.40. The summed E-state index contributed by atoms with van der Waals surface area (Å²) in [5, 5.41) is 0. The molecule has 0 saturated heterocycles. The minimum absolute atomic E-state index is 0.182. The van der Waals surface area contributed by atoms with E-state index in [0.29, 0.717) is 0 Å². The minimum atomic E-state index is 0.182. The van der Waals surface area contributed by atoms with Crippen molar-refractivity contribution in [2.24, 2.45) is 0 Å². The Hall–Kier alpha value is -1.11. The number of carbonyl (C=O) groups excluding carboxylic acids is 1. The molecule has 0 N–H and O–H groups in total. The van der Waals surface area contributed by atoms with Crippen molar-refractivity contribution in [1.82, 2.24) is 0 Å². The van der Waals surface area contributed by atoms with Gasteiger partial charge in [-0.05, 0) is 65.8 Å². The summed E-state index contributed by atoms with van der Waals surface area (Å²) in [6.45, 7) is 13.5. The van der Waals surface area contributed by atoms with Crippen LogP contribution in [0.5, 0.6) is 0 Å². The number of benzene rings is 1. The van der Waals surface area contributed by atoms with Gasteiger partial charge in [0.2, 0.25) is 0 Å². The van der Waals surface area contributed by atoms with Gasteiger partial charge in [0.15, 0.2) is 0 Å². The quantitative estimate of drug-likeness (QED) is 0.666. The highest BCUT2D eigenvalue weighted by molar-refractivity contribution is 5.79. The fourth-order valence-corrected chi connectivity index (χ4v) is 3.35. The molecule has 1 heteroatoms. The largest absolute Gasteiger partial charge is 0.298 e. The van der Waals surface area contributed by atoms with Crippen LogP contribution in [0, 0.1) is 13.8 Å². The van der Waals surface area contributed by atoms with Crippen LogP contribution in [0.4, 0.5) is 0 Å². The molecule has 0 unspecified atom stereocenters. The second-order valence-electron chi connectivity index (χ2n) is 7.02. The van der Waals surface area contributed by atoms with Crippen LogP contribution in [-0.2, 0) is 10.8 Å². The maximum atomic E-state index is 11.2. The number of rotatable bonds is 1. The molecule has 1 nitrogen and oxygen atoms in total. The highest BCUT2D eigenvalue weighted by atomic mass is 16.1. The minimum Gasteiger partial charge on any atom is -0.298 e. The fourth-order valence-electron chi connectivity index (χ4n) is 3.35. The van der Waals surface area contributed by atoms with E-state index >= 15 is 0 Å². The first kappa shape index (κ1) is 13.3. The molecule has 98 valence electrons. The average Bonchev–Trinajstić information content (AvgIpc) is 2.28. The van der Waals surface area contributed by atoms with E-state index in [2.05, 4.69) is 47.6 Å². The van der Waals surface area contributed by atoms with E-state index in [4.69, 9.17) is 0 Å². The Morgan fingerprint density at radius 2 is 1.56 bits per heavy atom. The van der Waals surface area contributed by atoms with Crippen molar-refractivity contribution in [1.29, 1.82) is 0 Å². The first-order valence-electron chi connectivity index (χ1n) is 6.81. The lowest BCUT2D eigenvalue weighted by atomic mass is 9.61. The molecular formula is C17H24O. The van der Waals surface area contributed by atoms with Crippen molar-refractivity contribution in [3.8, 4) is 0 Å². The lowest BCUT2D eigenvalue weighted by Gasteiger charge is -2.43. The van der Waals surface area contributed by atoms with Gasteiger partial charge in [-0.2, -0.15) is 0 Å². The Balaban J connectivity index is 2.84. The molecule has 0 fully saturated rings. The molecule has 1 aliphatic carbocycles. The van der Waals surface area contributed by atoms with Gasteiger partial charge in [-0.25, -0.2) is 0 Å². The molecule has 1 aromatic rings.